The number of aromatic nitrogens is 1. The average molecular weight is 342 g/mol. The maximum Gasteiger partial charge on any atom is 0.228 e. The molecule has 0 saturated carbocycles. The summed E-state index contributed by atoms with van der Waals surface area (Å²) in [4.78, 5) is 16.7. The second-order valence-corrected chi connectivity index (χ2v) is 7.47. The van der Waals surface area contributed by atoms with Crippen molar-refractivity contribution in [2.45, 2.75) is 51.0 Å². The van der Waals surface area contributed by atoms with Gasteiger partial charge in [-0.3, -0.25) is 4.79 Å². The molecule has 24 heavy (non-hydrogen) atoms. The van der Waals surface area contributed by atoms with Gasteiger partial charge in [-0.2, -0.15) is 0 Å². The summed E-state index contributed by atoms with van der Waals surface area (Å²) in [6.45, 7) is 0.775. The SMILES string of the molecule is O=C(CC1CCCO1)Nc1nc(-c2ccc3c(c2)CCCC3)cs1. The van der Waals surface area contributed by atoms with Gasteiger partial charge in [-0.05, 0) is 55.7 Å². The molecule has 5 heteroatoms. The van der Waals surface area contributed by atoms with Gasteiger partial charge < -0.3 is 10.1 Å². The molecular weight excluding hydrogens is 320 g/mol. The average Bonchev–Trinajstić information content (AvgIpc) is 3.26. The van der Waals surface area contributed by atoms with Crippen LogP contribution in [0.5, 0.6) is 0 Å². The Labute approximate surface area is 146 Å². The van der Waals surface area contributed by atoms with E-state index in [1.54, 1.807) is 0 Å². The van der Waals surface area contributed by atoms with Crippen LogP contribution in [0.2, 0.25) is 0 Å². The summed E-state index contributed by atoms with van der Waals surface area (Å²) in [6.07, 6.45) is 7.46. The van der Waals surface area contributed by atoms with Gasteiger partial charge in [-0.25, -0.2) is 4.98 Å². The number of rotatable bonds is 4. The third kappa shape index (κ3) is 3.52. The van der Waals surface area contributed by atoms with Crippen LogP contribution in [-0.4, -0.2) is 23.6 Å². The van der Waals surface area contributed by atoms with E-state index < -0.39 is 0 Å². The standard InChI is InChI=1S/C19H22N2O2S/c22-18(11-16-6-3-9-23-16)21-19-20-17(12-24-19)15-8-7-13-4-1-2-5-14(13)10-15/h7-8,10,12,16H,1-6,9,11H2,(H,20,21,22). The van der Waals surface area contributed by atoms with Crippen molar-refractivity contribution in [3.63, 3.8) is 0 Å². The van der Waals surface area contributed by atoms with Gasteiger partial charge in [0, 0.05) is 17.6 Å². The number of ether oxygens (including phenoxy) is 1. The quantitative estimate of drug-likeness (QED) is 0.906. The molecular formula is C19H22N2O2S. The molecule has 2 aliphatic rings. The van der Waals surface area contributed by atoms with Gasteiger partial charge in [0.2, 0.25) is 5.91 Å². The molecule has 0 radical (unpaired) electrons. The van der Waals surface area contributed by atoms with Gasteiger partial charge in [0.15, 0.2) is 5.13 Å². The molecule has 1 amide bonds. The number of hydrogen-bond acceptors (Lipinski definition) is 4. The van der Waals surface area contributed by atoms with Crippen LogP contribution >= 0.6 is 11.3 Å². The molecule has 1 N–H and O–H groups in total. The highest BCUT2D eigenvalue weighted by Crippen LogP contribution is 2.29. The number of benzene rings is 1. The summed E-state index contributed by atoms with van der Waals surface area (Å²) >= 11 is 1.48. The lowest BCUT2D eigenvalue weighted by Crippen LogP contribution is -2.19. The molecule has 0 bridgehead atoms. The molecule has 126 valence electrons. The van der Waals surface area contributed by atoms with Crippen LogP contribution in [0, 0.1) is 0 Å². The maximum atomic E-state index is 12.1. The third-order valence-corrected chi connectivity index (χ3v) is 5.59. The second-order valence-electron chi connectivity index (χ2n) is 6.62. The van der Waals surface area contributed by atoms with Crippen molar-refractivity contribution >= 4 is 22.4 Å². The molecule has 1 aliphatic heterocycles. The Hall–Kier alpha value is -1.72. The van der Waals surface area contributed by atoms with Crippen molar-refractivity contribution < 1.29 is 9.53 Å². The highest BCUT2D eigenvalue weighted by atomic mass is 32.1. The van der Waals surface area contributed by atoms with Crippen molar-refractivity contribution in [2.24, 2.45) is 0 Å². The van der Waals surface area contributed by atoms with Gasteiger partial charge in [0.05, 0.1) is 18.2 Å². The van der Waals surface area contributed by atoms with E-state index in [0.717, 1.165) is 37.1 Å². The van der Waals surface area contributed by atoms with E-state index in [1.807, 2.05) is 5.38 Å². The van der Waals surface area contributed by atoms with Gasteiger partial charge in [0.1, 0.15) is 0 Å². The largest absolute Gasteiger partial charge is 0.378 e. The first-order chi connectivity index (χ1) is 11.8. The lowest BCUT2D eigenvalue weighted by molar-refractivity contribution is -0.118. The van der Waals surface area contributed by atoms with Crippen LogP contribution in [0.25, 0.3) is 11.3 Å². The van der Waals surface area contributed by atoms with Gasteiger partial charge in [-0.1, -0.05) is 12.1 Å². The molecule has 4 nitrogen and oxygen atoms in total. The van der Waals surface area contributed by atoms with E-state index in [4.69, 9.17) is 4.74 Å². The lowest BCUT2D eigenvalue weighted by atomic mass is 9.90. The summed E-state index contributed by atoms with van der Waals surface area (Å²) in [7, 11) is 0. The number of anilines is 1. The zero-order valence-corrected chi connectivity index (χ0v) is 14.5. The fraction of sp³-hybridized carbons (Fsp3) is 0.474. The molecule has 1 unspecified atom stereocenters. The predicted molar refractivity (Wildman–Crippen MR) is 96.4 cm³/mol. The van der Waals surface area contributed by atoms with Crippen molar-refractivity contribution in [1.29, 1.82) is 0 Å². The van der Waals surface area contributed by atoms with Gasteiger partial charge >= 0.3 is 0 Å². The Balaban J connectivity index is 1.43. The van der Waals surface area contributed by atoms with Crippen LogP contribution in [0.1, 0.15) is 43.2 Å². The summed E-state index contributed by atoms with van der Waals surface area (Å²) in [6, 6.07) is 6.65. The topological polar surface area (TPSA) is 51.2 Å². The minimum atomic E-state index is -0.00626. The monoisotopic (exact) mass is 342 g/mol. The Morgan fingerprint density at radius 1 is 1.25 bits per heavy atom. The third-order valence-electron chi connectivity index (χ3n) is 4.83. The Kier molecular flexibility index (Phi) is 4.63. The zero-order valence-electron chi connectivity index (χ0n) is 13.7. The summed E-state index contributed by atoms with van der Waals surface area (Å²) in [5.41, 5.74) is 5.02. The van der Waals surface area contributed by atoms with Crippen LogP contribution in [-0.2, 0) is 22.4 Å². The van der Waals surface area contributed by atoms with E-state index in [-0.39, 0.29) is 12.0 Å². The molecule has 1 aromatic carbocycles. The molecule has 2 aromatic rings. The lowest BCUT2D eigenvalue weighted by Gasteiger charge is -2.16. The molecule has 1 aromatic heterocycles. The van der Waals surface area contributed by atoms with Crippen LogP contribution in [0.15, 0.2) is 23.6 Å². The number of hydrogen-bond donors (Lipinski definition) is 1. The fourth-order valence-electron chi connectivity index (χ4n) is 3.54. The summed E-state index contributed by atoms with van der Waals surface area (Å²) in [5.74, 6) is -0.00626. The van der Waals surface area contributed by atoms with Crippen LogP contribution in [0.3, 0.4) is 0 Å². The van der Waals surface area contributed by atoms with E-state index in [2.05, 4.69) is 28.5 Å². The molecule has 1 atom stereocenters. The highest BCUT2D eigenvalue weighted by molar-refractivity contribution is 7.14. The van der Waals surface area contributed by atoms with E-state index in [9.17, 15) is 4.79 Å². The number of amides is 1. The van der Waals surface area contributed by atoms with Crippen molar-refractivity contribution in [3.05, 3.63) is 34.7 Å². The number of fused-ring (bicyclic) bond motifs is 1. The summed E-state index contributed by atoms with van der Waals surface area (Å²) in [5, 5.41) is 5.60. The minimum Gasteiger partial charge on any atom is -0.378 e. The number of nitrogens with one attached hydrogen (secondary N) is 1. The molecule has 1 aliphatic carbocycles. The fourth-order valence-corrected chi connectivity index (χ4v) is 4.27. The van der Waals surface area contributed by atoms with Crippen molar-refractivity contribution in [2.75, 3.05) is 11.9 Å². The second kappa shape index (κ2) is 7.03. The Morgan fingerprint density at radius 2 is 2.12 bits per heavy atom. The first-order valence-electron chi connectivity index (χ1n) is 8.77. The number of aryl methyl sites for hydroxylation is 2. The van der Waals surface area contributed by atoms with Gasteiger partial charge in [-0.15, -0.1) is 11.3 Å². The number of carbonyl (C=O) groups excluding carboxylic acids is 1. The van der Waals surface area contributed by atoms with Crippen LogP contribution in [0.4, 0.5) is 5.13 Å². The first kappa shape index (κ1) is 15.8. The maximum absolute atomic E-state index is 12.1. The van der Waals surface area contributed by atoms with E-state index in [1.165, 1.54) is 41.7 Å². The molecule has 2 heterocycles. The molecule has 1 saturated heterocycles. The van der Waals surface area contributed by atoms with E-state index in [0.29, 0.717) is 11.6 Å². The first-order valence-corrected chi connectivity index (χ1v) is 9.65. The Bertz CT molecular complexity index is 735. The highest BCUT2D eigenvalue weighted by Gasteiger charge is 2.20. The van der Waals surface area contributed by atoms with Crippen LogP contribution < -0.4 is 5.32 Å². The predicted octanol–water partition coefficient (Wildman–Crippen LogP) is 4.20. The number of thiazole rings is 1. The van der Waals surface area contributed by atoms with Gasteiger partial charge in [0.25, 0.3) is 0 Å². The number of nitrogens with zero attached hydrogens (tertiary/aromatic N) is 1. The Morgan fingerprint density at radius 3 is 2.96 bits per heavy atom. The molecule has 4 rings (SSSR count). The van der Waals surface area contributed by atoms with Crippen molar-refractivity contribution in [1.82, 2.24) is 4.98 Å². The summed E-state index contributed by atoms with van der Waals surface area (Å²) < 4.78 is 5.51. The normalized spacial score (nSPS) is 19.9. The van der Waals surface area contributed by atoms with E-state index >= 15 is 0 Å². The van der Waals surface area contributed by atoms with Crippen molar-refractivity contribution in [3.8, 4) is 11.3 Å². The zero-order chi connectivity index (χ0) is 16.4. The smallest absolute Gasteiger partial charge is 0.228 e. The number of carbonyl (C=O) groups is 1. The molecule has 1 fully saturated rings. The minimum absolute atomic E-state index is 0.00626. The molecule has 0 spiro atoms.